The third-order valence-electron chi connectivity index (χ3n) is 1.52. The minimum Gasteiger partial charge on any atom is -0.447 e. The van der Waals surface area contributed by atoms with Crippen LogP contribution in [-0.4, -0.2) is 54.4 Å². The summed E-state index contributed by atoms with van der Waals surface area (Å²) in [5, 5.41) is 11.2. The normalized spacial score (nSPS) is 10.8. The zero-order chi connectivity index (χ0) is 12.8. The van der Waals surface area contributed by atoms with Crippen molar-refractivity contribution in [2.75, 3.05) is 26.8 Å². The standard InChI is InChI=1S/C10H20N2O4/c1-10(2,3)11-8(14)7-12(4)9(15)16-6-5-13/h13H,5-7H2,1-4H3,(H,11,14). The molecule has 0 fully saturated rings. The maximum Gasteiger partial charge on any atom is 0.410 e. The van der Waals surface area contributed by atoms with Crippen molar-refractivity contribution >= 4 is 12.0 Å². The van der Waals surface area contributed by atoms with Gasteiger partial charge in [0.15, 0.2) is 0 Å². The van der Waals surface area contributed by atoms with Gasteiger partial charge in [0.2, 0.25) is 5.91 Å². The summed E-state index contributed by atoms with van der Waals surface area (Å²) in [5.74, 6) is -0.254. The molecule has 0 saturated heterocycles. The molecule has 0 aliphatic rings. The maximum absolute atomic E-state index is 11.4. The molecule has 0 rings (SSSR count). The van der Waals surface area contributed by atoms with E-state index in [1.807, 2.05) is 20.8 Å². The van der Waals surface area contributed by atoms with Crippen molar-refractivity contribution in [3.8, 4) is 0 Å². The second kappa shape index (κ2) is 6.32. The van der Waals surface area contributed by atoms with Gasteiger partial charge in [-0.05, 0) is 20.8 Å². The Kier molecular flexibility index (Phi) is 5.81. The first-order valence-electron chi connectivity index (χ1n) is 5.06. The number of nitrogens with zero attached hydrogens (tertiary/aromatic N) is 1. The molecule has 0 aromatic rings. The fourth-order valence-corrected chi connectivity index (χ4v) is 0.981. The molecule has 0 aliphatic heterocycles. The molecule has 0 saturated carbocycles. The third kappa shape index (κ3) is 7.05. The fourth-order valence-electron chi connectivity index (χ4n) is 0.981. The van der Waals surface area contributed by atoms with Crippen LogP contribution in [0, 0.1) is 0 Å². The van der Waals surface area contributed by atoms with E-state index in [1.165, 1.54) is 7.05 Å². The minimum absolute atomic E-state index is 0.0654. The SMILES string of the molecule is CN(CC(=O)NC(C)(C)C)C(=O)OCCO. The Labute approximate surface area is 95.6 Å². The van der Waals surface area contributed by atoms with Crippen LogP contribution in [0.15, 0.2) is 0 Å². The van der Waals surface area contributed by atoms with Crippen LogP contribution in [0.3, 0.4) is 0 Å². The van der Waals surface area contributed by atoms with Gasteiger partial charge in [0, 0.05) is 12.6 Å². The quantitative estimate of drug-likeness (QED) is 0.713. The van der Waals surface area contributed by atoms with Crippen LogP contribution in [0.5, 0.6) is 0 Å². The van der Waals surface area contributed by atoms with Crippen molar-refractivity contribution in [2.45, 2.75) is 26.3 Å². The lowest BCUT2D eigenvalue weighted by molar-refractivity contribution is -0.123. The first-order chi connectivity index (χ1) is 7.26. The molecule has 2 N–H and O–H groups in total. The molecule has 94 valence electrons. The van der Waals surface area contributed by atoms with Gasteiger partial charge in [-0.1, -0.05) is 0 Å². The van der Waals surface area contributed by atoms with Gasteiger partial charge in [-0.3, -0.25) is 4.79 Å². The Bertz CT molecular complexity index is 248. The minimum atomic E-state index is -0.627. The van der Waals surface area contributed by atoms with E-state index in [4.69, 9.17) is 5.11 Å². The number of carbonyl (C=O) groups is 2. The van der Waals surface area contributed by atoms with Crippen molar-refractivity contribution in [3.63, 3.8) is 0 Å². The van der Waals surface area contributed by atoms with Crippen LogP contribution in [0.2, 0.25) is 0 Å². The first-order valence-corrected chi connectivity index (χ1v) is 5.06. The summed E-state index contributed by atoms with van der Waals surface area (Å²) in [6.45, 7) is 5.21. The van der Waals surface area contributed by atoms with Gasteiger partial charge in [0.1, 0.15) is 13.2 Å². The Hall–Kier alpha value is -1.30. The molecule has 0 radical (unpaired) electrons. The third-order valence-corrected chi connectivity index (χ3v) is 1.52. The van der Waals surface area contributed by atoms with Crippen LogP contribution in [0.4, 0.5) is 4.79 Å². The average molecular weight is 232 g/mol. The van der Waals surface area contributed by atoms with Crippen LogP contribution in [0.25, 0.3) is 0 Å². The largest absolute Gasteiger partial charge is 0.447 e. The van der Waals surface area contributed by atoms with E-state index >= 15 is 0 Å². The van der Waals surface area contributed by atoms with E-state index in [1.54, 1.807) is 0 Å². The van der Waals surface area contributed by atoms with Crippen LogP contribution >= 0.6 is 0 Å². The van der Waals surface area contributed by atoms with E-state index < -0.39 is 6.09 Å². The van der Waals surface area contributed by atoms with Gasteiger partial charge in [0.25, 0.3) is 0 Å². The molecule has 0 heterocycles. The number of amides is 2. The number of hydrogen-bond donors (Lipinski definition) is 2. The van der Waals surface area contributed by atoms with Crippen molar-refractivity contribution in [3.05, 3.63) is 0 Å². The highest BCUT2D eigenvalue weighted by atomic mass is 16.6. The smallest absolute Gasteiger partial charge is 0.410 e. The highest BCUT2D eigenvalue weighted by Gasteiger charge is 2.18. The number of hydrogen-bond acceptors (Lipinski definition) is 4. The summed E-state index contributed by atoms with van der Waals surface area (Å²) in [5.41, 5.74) is -0.326. The number of ether oxygens (including phenoxy) is 1. The van der Waals surface area contributed by atoms with Crippen molar-refractivity contribution in [1.29, 1.82) is 0 Å². The van der Waals surface area contributed by atoms with Crippen molar-refractivity contribution < 1.29 is 19.4 Å². The molecule has 0 aromatic heterocycles. The van der Waals surface area contributed by atoms with Crippen LogP contribution in [0.1, 0.15) is 20.8 Å². The second-order valence-corrected chi connectivity index (χ2v) is 4.49. The Morgan fingerprint density at radius 2 is 1.94 bits per heavy atom. The predicted octanol–water partition coefficient (Wildman–Crippen LogP) is -0.0382. The van der Waals surface area contributed by atoms with E-state index in [-0.39, 0.29) is 31.2 Å². The average Bonchev–Trinajstić information content (AvgIpc) is 2.10. The molecule has 6 nitrogen and oxygen atoms in total. The zero-order valence-corrected chi connectivity index (χ0v) is 10.2. The summed E-state index contributed by atoms with van der Waals surface area (Å²) in [7, 11) is 1.46. The molecule has 2 amide bonds. The second-order valence-electron chi connectivity index (χ2n) is 4.49. The summed E-state index contributed by atoms with van der Waals surface area (Å²) < 4.78 is 4.64. The molecule has 0 unspecified atom stereocenters. The molecule has 6 heteroatoms. The Morgan fingerprint density at radius 3 is 2.38 bits per heavy atom. The number of rotatable bonds is 4. The van der Waals surface area contributed by atoms with Gasteiger partial charge < -0.3 is 20.1 Å². The number of carbonyl (C=O) groups excluding carboxylic acids is 2. The number of aliphatic hydroxyl groups is 1. The Balaban J connectivity index is 3.99. The summed E-state index contributed by atoms with van der Waals surface area (Å²) >= 11 is 0. The molecule has 0 aromatic carbocycles. The van der Waals surface area contributed by atoms with Crippen molar-refractivity contribution in [2.24, 2.45) is 0 Å². The monoisotopic (exact) mass is 232 g/mol. The molecular weight excluding hydrogens is 212 g/mol. The van der Waals surface area contributed by atoms with Gasteiger partial charge in [-0.25, -0.2) is 4.79 Å². The zero-order valence-electron chi connectivity index (χ0n) is 10.2. The maximum atomic E-state index is 11.4. The number of likely N-dealkylation sites (N-methyl/N-ethyl adjacent to an activating group) is 1. The van der Waals surface area contributed by atoms with E-state index in [0.717, 1.165) is 4.90 Å². The van der Waals surface area contributed by atoms with Crippen LogP contribution in [-0.2, 0) is 9.53 Å². The molecule has 0 spiro atoms. The first kappa shape index (κ1) is 14.7. The molecule has 0 atom stereocenters. The predicted molar refractivity (Wildman–Crippen MR) is 59.0 cm³/mol. The topological polar surface area (TPSA) is 78.9 Å². The molecule has 0 bridgehead atoms. The summed E-state index contributed by atoms with van der Waals surface area (Å²) in [6, 6.07) is 0. The van der Waals surface area contributed by atoms with E-state index in [9.17, 15) is 9.59 Å². The van der Waals surface area contributed by atoms with Crippen LogP contribution < -0.4 is 5.32 Å². The highest BCUT2D eigenvalue weighted by molar-refractivity contribution is 5.82. The van der Waals surface area contributed by atoms with Crippen molar-refractivity contribution in [1.82, 2.24) is 10.2 Å². The van der Waals surface area contributed by atoms with Gasteiger partial charge in [-0.2, -0.15) is 0 Å². The molecular formula is C10H20N2O4. The lowest BCUT2D eigenvalue weighted by Gasteiger charge is -2.23. The van der Waals surface area contributed by atoms with E-state index in [2.05, 4.69) is 10.1 Å². The highest BCUT2D eigenvalue weighted by Crippen LogP contribution is 1.98. The molecule has 0 aliphatic carbocycles. The lowest BCUT2D eigenvalue weighted by Crippen LogP contribution is -2.46. The summed E-state index contributed by atoms with van der Waals surface area (Å²) in [6.07, 6.45) is -0.627. The lowest BCUT2D eigenvalue weighted by atomic mass is 10.1. The molecule has 16 heavy (non-hydrogen) atoms. The number of nitrogens with one attached hydrogen (secondary N) is 1. The summed E-state index contributed by atoms with van der Waals surface area (Å²) in [4.78, 5) is 23.8. The van der Waals surface area contributed by atoms with Gasteiger partial charge in [0.05, 0.1) is 6.61 Å². The Morgan fingerprint density at radius 1 is 1.38 bits per heavy atom. The fraction of sp³-hybridized carbons (Fsp3) is 0.800. The van der Waals surface area contributed by atoms with Gasteiger partial charge in [-0.15, -0.1) is 0 Å². The van der Waals surface area contributed by atoms with E-state index in [0.29, 0.717) is 0 Å². The van der Waals surface area contributed by atoms with Gasteiger partial charge >= 0.3 is 6.09 Å². The number of aliphatic hydroxyl groups excluding tert-OH is 1.